The summed E-state index contributed by atoms with van der Waals surface area (Å²) >= 11 is 1.31. The van der Waals surface area contributed by atoms with Crippen molar-refractivity contribution in [2.75, 3.05) is 6.26 Å². The summed E-state index contributed by atoms with van der Waals surface area (Å²) in [6.45, 7) is 1.99. The molecule has 7 heteroatoms. The Kier molecular flexibility index (Phi) is 3.45. The lowest BCUT2D eigenvalue weighted by Crippen LogP contribution is -1.98. The number of hydrogen-bond donors (Lipinski definition) is 0. The molecule has 5 nitrogen and oxygen atoms in total. The summed E-state index contributed by atoms with van der Waals surface area (Å²) in [7, 11) is -1.11. The summed E-state index contributed by atoms with van der Waals surface area (Å²) in [6, 6.07) is 11.9. The van der Waals surface area contributed by atoms with Crippen LogP contribution in [0.4, 0.5) is 0 Å². The Bertz CT molecular complexity index is 764. The largest absolute Gasteiger partial charge is 0.252 e. The second-order valence-electron chi connectivity index (χ2n) is 4.25. The van der Waals surface area contributed by atoms with Gasteiger partial charge in [0.1, 0.15) is 5.69 Å². The molecule has 0 saturated carbocycles. The van der Waals surface area contributed by atoms with Gasteiger partial charge < -0.3 is 0 Å². The van der Waals surface area contributed by atoms with Crippen molar-refractivity contribution in [3.8, 4) is 16.4 Å². The Hall–Kier alpha value is -1.86. The minimum Gasteiger partial charge on any atom is -0.252 e. The van der Waals surface area contributed by atoms with Crippen LogP contribution in [0.3, 0.4) is 0 Å². The van der Waals surface area contributed by atoms with Crippen LogP contribution in [-0.2, 0) is 10.8 Å². The van der Waals surface area contributed by atoms with E-state index in [9.17, 15) is 4.21 Å². The summed E-state index contributed by atoms with van der Waals surface area (Å²) in [5.74, 6) is 0. The zero-order valence-corrected chi connectivity index (χ0v) is 12.6. The molecule has 0 bridgehead atoms. The normalized spacial score (nSPS) is 12.5. The van der Waals surface area contributed by atoms with Gasteiger partial charge in [-0.25, -0.2) is 4.68 Å². The SMILES string of the molecule is Cc1cc(-c2nnc(S(C)=O)s2)nn1-c1ccccc1. The average molecular weight is 304 g/mol. The van der Waals surface area contributed by atoms with Crippen LogP contribution in [0.25, 0.3) is 16.4 Å². The lowest BCUT2D eigenvalue weighted by Gasteiger charge is -2.02. The van der Waals surface area contributed by atoms with Crippen LogP contribution in [0.2, 0.25) is 0 Å². The number of rotatable bonds is 3. The molecule has 0 aliphatic rings. The Morgan fingerprint density at radius 1 is 1.20 bits per heavy atom. The first-order chi connectivity index (χ1) is 9.65. The number of nitrogens with zero attached hydrogens (tertiary/aromatic N) is 4. The summed E-state index contributed by atoms with van der Waals surface area (Å²) < 4.78 is 13.8. The number of aromatic nitrogens is 4. The molecule has 2 aromatic heterocycles. The van der Waals surface area contributed by atoms with E-state index >= 15 is 0 Å². The molecule has 0 aliphatic carbocycles. The van der Waals surface area contributed by atoms with Crippen LogP contribution in [0.15, 0.2) is 40.7 Å². The van der Waals surface area contributed by atoms with Crippen LogP contribution < -0.4 is 0 Å². The Morgan fingerprint density at radius 3 is 2.60 bits per heavy atom. The molecule has 1 aromatic carbocycles. The van der Waals surface area contributed by atoms with Crippen molar-refractivity contribution in [3.05, 3.63) is 42.1 Å². The van der Waals surface area contributed by atoms with Crippen LogP contribution >= 0.6 is 11.3 Å². The quantitative estimate of drug-likeness (QED) is 0.745. The fourth-order valence-corrected chi connectivity index (χ4v) is 3.23. The first kappa shape index (κ1) is 13.1. The molecular formula is C13H12N4OS2. The first-order valence-corrected chi connectivity index (χ1v) is 8.32. The predicted octanol–water partition coefficient (Wildman–Crippen LogP) is 2.44. The smallest absolute Gasteiger partial charge is 0.204 e. The molecule has 0 amide bonds. The molecule has 1 unspecified atom stereocenters. The fourth-order valence-electron chi connectivity index (χ4n) is 1.84. The van der Waals surface area contributed by atoms with Crippen molar-refractivity contribution in [1.82, 2.24) is 20.0 Å². The van der Waals surface area contributed by atoms with E-state index < -0.39 is 10.8 Å². The van der Waals surface area contributed by atoms with E-state index in [2.05, 4.69) is 15.3 Å². The van der Waals surface area contributed by atoms with E-state index in [1.165, 1.54) is 11.3 Å². The Balaban J connectivity index is 2.02. The van der Waals surface area contributed by atoms with E-state index in [4.69, 9.17) is 0 Å². The van der Waals surface area contributed by atoms with Crippen molar-refractivity contribution >= 4 is 22.1 Å². The maximum atomic E-state index is 11.4. The van der Waals surface area contributed by atoms with Crippen molar-refractivity contribution in [3.63, 3.8) is 0 Å². The van der Waals surface area contributed by atoms with E-state index in [0.29, 0.717) is 9.35 Å². The van der Waals surface area contributed by atoms with Crippen LogP contribution in [-0.4, -0.2) is 30.4 Å². The third-order valence-corrected chi connectivity index (χ3v) is 5.03. The summed E-state index contributed by atoms with van der Waals surface area (Å²) in [6.07, 6.45) is 1.60. The van der Waals surface area contributed by atoms with Gasteiger partial charge in [-0.05, 0) is 25.1 Å². The van der Waals surface area contributed by atoms with Crippen LogP contribution in [0.1, 0.15) is 5.69 Å². The van der Waals surface area contributed by atoms with Gasteiger partial charge in [-0.1, -0.05) is 29.5 Å². The molecule has 2 heterocycles. The highest BCUT2D eigenvalue weighted by molar-refractivity contribution is 7.86. The maximum absolute atomic E-state index is 11.4. The Morgan fingerprint density at radius 2 is 1.95 bits per heavy atom. The van der Waals surface area contributed by atoms with Gasteiger partial charge in [-0.15, -0.1) is 10.2 Å². The molecule has 0 aliphatic heterocycles. The predicted molar refractivity (Wildman–Crippen MR) is 79.5 cm³/mol. The van der Waals surface area contributed by atoms with Gasteiger partial charge in [-0.3, -0.25) is 4.21 Å². The zero-order chi connectivity index (χ0) is 14.1. The van der Waals surface area contributed by atoms with Gasteiger partial charge in [0.25, 0.3) is 0 Å². The van der Waals surface area contributed by atoms with Gasteiger partial charge in [0.15, 0.2) is 5.01 Å². The molecular weight excluding hydrogens is 292 g/mol. The standard InChI is InChI=1S/C13H12N4OS2/c1-9-8-11(12-14-15-13(19-12)20(2)18)16-17(9)10-6-4-3-5-7-10/h3-8H,1-2H3. The van der Waals surface area contributed by atoms with Crippen molar-refractivity contribution < 1.29 is 4.21 Å². The first-order valence-electron chi connectivity index (χ1n) is 5.94. The van der Waals surface area contributed by atoms with Crippen LogP contribution in [0.5, 0.6) is 0 Å². The molecule has 0 N–H and O–H groups in total. The van der Waals surface area contributed by atoms with Gasteiger partial charge in [-0.2, -0.15) is 5.10 Å². The third-order valence-electron chi connectivity index (χ3n) is 2.76. The number of aryl methyl sites for hydroxylation is 1. The average Bonchev–Trinajstić information content (AvgIpc) is 3.06. The molecule has 0 saturated heterocycles. The summed E-state index contributed by atoms with van der Waals surface area (Å²) in [5, 5.41) is 13.2. The highest BCUT2D eigenvalue weighted by atomic mass is 32.2. The van der Waals surface area contributed by atoms with Gasteiger partial charge >= 0.3 is 0 Å². The lowest BCUT2D eigenvalue weighted by atomic mass is 10.3. The molecule has 3 rings (SSSR count). The minimum atomic E-state index is -1.11. The number of hydrogen-bond acceptors (Lipinski definition) is 5. The second-order valence-corrected chi connectivity index (χ2v) is 6.78. The van der Waals surface area contributed by atoms with Gasteiger partial charge in [0, 0.05) is 11.9 Å². The lowest BCUT2D eigenvalue weighted by molar-refractivity contribution is 0.685. The molecule has 3 aromatic rings. The second kappa shape index (κ2) is 5.26. The molecule has 102 valence electrons. The highest BCUT2D eigenvalue weighted by Gasteiger charge is 2.14. The molecule has 0 radical (unpaired) electrons. The summed E-state index contributed by atoms with van der Waals surface area (Å²) in [4.78, 5) is 0. The van der Waals surface area contributed by atoms with E-state index in [0.717, 1.165) is 17.1 Å². The maximum Gasteiger partial charge on any atom is 0.204 e. The van der Waals surface area contributed by atoms with E-state index in [1.807, 2.05) is 48.0 Å². The zero-order valence-electron chi connectivity index (χ0n) is 11.0. The molecule has 1 atom stereocenters. The Labute approximate surface area is 122 Å². The van der Waals surface area contributed by atoms with Gasteiger partial charge in [0.2, 0.25) is 4.34 Å². The van der Waals surface area contributed by atoms with E-state index in [1.54, 1.807) is 6.26 Å². The van der Waals surface area contributed by atoms with E-state index in [-0.39, 0.29) is 0 Å². The monoisotopic (exact) mass is 304 g/mol. The van der Waals surface area contributed by atoms with Crippen LogP contribution in [0, 0.1) is 6.92 Å². The number of benzene rings is 1. The topological polar surface area (TPSA) is 60.7 Å². The molecule has 0 spiro atoms. The van der Waals surface area contributed by atoms with Gasteiger partial charge in [0.05, 0.1) is 16.5 Å². The van der Waals surface area contributed by atoms with Crippen molar-refractivity contribution in [2.45, 2.75) is 11.3 Å². The third kappa shape index (κ3) is 2.41. The summed E-state index contributed by atoms with van der Waals surface area (Å²) in [5.41, 5.74) is 2.76. The number of para-hydroxylation sites is 1. The fraction of sp³-hybridized carbons (Fsp3) is 0.154. The van der Waals surface area contributed by atoms with Crippen molar-refractivity contribution in [2.24, 2.45) is 0 Å². The highest BCUT2D eigenvalue weighted by Crippen LogP contribution is 2.25. The molecule has 20 heavy (non-hydrogen) atoms. The minimum absolute atomic E-state index is 0.520. The van der Waals surface area contributed by atoms with Crippen molar-refractivity contribution in [1.29, 1.82) is 0 Å². The molecule has 0 fully saturated rings.